The van der Waals surface area contributed by atoms with Crippen LogP contribution >= 0.6 is 11.6 Å². The standard InChI is InChI=1S/C26H20ClF3N2/c1-15-3-9-19-21(13-31-23(19)11-15)25(27,17-5-7-18(8-6-17)26(28,29)30)22-14-32-24-12-16(2)4-10-20(22)24/h3-14,31-32H,1-2H3. The summed E-state index contributed by atoms with van der Waals surface area (Å²) in [6, 6.07) is 17.2. The first-order chi connectivity index (χ1) is 15.2. The molecule has 162 valence electrons. The lowest BCUT2D eigenvalue weighted by Gasteiger charge is -2.28. The van der Waals surface area contributed by atoms with Crippen LogP contribution in [0.2, 0.25) is 0 Å². The number of H-pyrrole nitrogens is 2. The van der Waals surface area contributed by atoms with E-state index in [-0.39, 0.29) is 0 Å². The van der Waals surface area contributed by atoms with Gasteiger partial charge in [-0.25, -0.2) is 0 Å². The molecule has 0 amide bonds. The minimum atomic E-state index is -4.41. The molecule has 0 unspecified atom stereocenters. The summed E-state index contributed by atoms with van der Waals surface area (Å²) in [7, 11) is 0. The van der Waals surface area contributed by atoms with Crippen LogP contribution in [0, 0.1) is 13.8 Å². The van der Waals surface area contributed by atoms with Crippen LogP contribution in [-0.4, -0.2) is 9.97 Å². The Morgan fingerprint density at radius 1 is 0.656 bits per heavy atom. The van der Waals surface area contributed by atoms with Crippen LogP contribution in [0.15, 0.2) is 73.1 Å². The largest absolute Gasteiger partial charge is 0.416 e. The summed E-state index contributed by atoms with van der Waals surface area (Å²) in [5.74, 6) is 0. The van der Waals surface area contributed by atoms with Crippen LogP contribution in [0.25, 0.3) is 21.8 Å². The van der Waals surface area contributed by atoms with Crippen molar-refractivity contribution in [2.45, 2.75) is 24.9 Å². The van der Waals surface area contributed by atoms with Gasteiger partial charge in [-0.15, -0.1) is 11.6 Å². The van der Waals surface area contributed by atoms with E-state index in [4.69, 9.17) is 11.6 Å². The molecule has 6 heteroatoms. The number of fused-ring (bicyclic) bond motifs is 2. The number of alkyl halides is 4. The van der Waals surface area contributed by atoms with Crippen LogP contribution in [0.4, 0.5) is 13.2 Å². The third kappa shape index (κ3) is 3.19. The van der Waals surface area contributed by atoms with Gasteiger partial charge in [-0.05, 0) is 54.8 Å². The molecule has 2 aromatic heterocycles. The van der Waals surface area contributed by atoms with E-state index in [1.54, 1.807) is 0 Å². The lowest BCUT2D eigenvalue weighted by molar-refractivity contribution is -0.137. The van der Waals surface area contributed by atoms with E-state index in [1.807, 2.05) is 62.6 Å². The Kier molecular flexibility index (Phi) is 4.64. The van der Waals surface area contributed by atoms with Gasteiger partial charge in [0.25, 0.3) is 0 Å². The lowest BCUT2D eigenvalue weighted by Crippen LogP contribution is -2.22. The Labute approximate surface area is 188 Å². The Morgan fingerprint density at radius 3 is 1.53 bits per heavy atom. The minimum absolute atomic E-state index is 0.565. The van der Waals surface area contributed by atoms with Gasteiger partial charge in [-0.3, -0.25) is 0 Å². The maximum atomic E-state index is 13.2. The van der Waals surface area contributed by atoms with E-state index in [0.29, 0.717) is 5.56 Å². The summed E-state index contributed by atoms with van der Waals surface area (Å²) in [4.78, 5) is 5.37. The molecule has 2 heterocycles. The smallest absolute Gasteiger partial charge is 0.361 e. The fourth-order valence-corrected chi connectivity index (χ4v) is 4.83. The van der Waals surface area contributed by atoms with E-state index in [1.165, 1.54) is 12.1 Å². The Balaban J connectivity index is 1.80. The molecule has 2 nitrogen and oxygen atoms in total. The second-order valence-electron chi connectivity index (χ2n) is 8.24. The topological polar surface area (TPSA) is 31.6 Å². The second-order valence-corrected chi connectivity index (χ2v) is 8.80. The zero-order valence-corrected chi connectivity index (χ0v) is 18.2. The maximum Gasteiger partial charge on any atom is 0.416 e. The third-order valence-electron chi connectivity index (χ3n) is 6.03. The number of aromatic nitrogens is 2. The van der Waals surface area contributed by atoms with Crippen LogP contribution in [0.1, 0.15) is 33.4 Å². The van der Waals surface area contributed by atoms with Gasteiger partial charge in [0.15, 0.2) is 0 Å². The van der Waals surface area contributed by atoms with Gasteiger partial charge in [-0.1, -0.05) is 36.4 Å². The van der Waals surface area contributed by atoms with E-state index < -0.39 is 16.6 Å². The average molecular weight is 453 g/mol. The third-order valence-corrected chi connectivity index (χ3v) is 6.65. The molecule has 0 bridgehead atoms. The highest BCUT2D eigenvalue weighted by Crippen LogP contribution is 2.48. The number of hydrogen-bond donors (Lipinski definition) is 2. The zero-order valence-electron chi connectivity index (χ0n) is 17.4. The molecule has 0 aliphatic carbocycles. The van der Waals surface area contributed by atoms with E-state index in [0.717, 1.165) is 56.2 Å². The molecular weight excluding hydrogens is 433 g/mol. The first-order valence-electron chi connectivity index (χ1n) is 10.2. The molecule has 0 radical (unpaired) electrons. The zero-order chi connectivity index (χ0) is 22.7. The van der Waals surface area contributed by atoms with Crippen molar-refractivity contribution in [3.8, 4) is 0 Å². The highest BCUT2D eigenvalue weighted by atomic mass is 35.5. The van der Waals surface area contributed by atoms with Crippen molar-refractivity contribution in [1.82, 2.24) is 9.97 Å². The first-order valence-corrected chi connectivity index (χ1v) is 10.6. The normalized spacial score (nSPS) is 12.7. The summed E-state index contributed by atoms with van der Waals surface area (Å²) in [6.07, 6.45) is -0.715. The van der Waals surface area contributed by atoms with Crippen molar-refractivity contribution in [3.63, 3.8) is 0 Å². The van der Waals surface area contributed by atoms with Crippen molar-refractivity contribution >= 4 is 33.4 Å². The predicted octanol–water partition coefficient (Wildman–Crippen LogP) is 7.82. The predicted molar refractivity (Wildman–Crippen MR) is 123 cm³/mol. The number of aromatic amines is 2. The van der Waals surface area contributed by atoms with Gasteiger partial charge in [0.1, 0.15) is 4.87 Å². The molecule has 0 atom stereocenters. The van der Waals surface area contributed by atoms with Crippen LogP contribution < -0.4 is 0 Å². The van der Waals surface area contributed by atoms with Gasteiger partial charge in [0.05, 0.1) is 5.56 Å². The molecule has 5 rings (SSSR count). The van der Waals surface area contributed by atoms with Crippen LogP contribution in [-0.2, 0) is 11.1 Å². The highest BCUT2D eigenvalue weighted by Gasteiger charge is 2.39. The van der Waals surface area contributed by atoms with Gasteiger partial charge < -0.3 is 9.97 Å². The van der Waals surface area contributed by atoms with Crippen molar-refractivity contribution in [2.24, 2.45) is 0 Å². The Bertz CT molecular complexity index is 1360. The van der Waals surface area contributed by atoms with E-state index in [9.17, 15) is 13.2 Å². The SMILES string of the molecule is Cc1ccc2c(C(Cl)(c3ccc(C(F)(F)F)cc3)c3c[nH]c4cc(C)ccc34)c[nH]c2c1. The number of rotatable bonds is 3. The maximum absolute atomic E-state index is 13.2. The van der Waals surface area contributed by atoms with Gasteiger partial charge in [-0.2, -0.15) is 13.2 Å². The lowest BCUT2D eigenvalue weighted by atomic mass is 9.83. The highest BCUT2D eigenvalue weighted by molar-refractivity contribution is 6.30. The molecule has 0 aliphatic rings. The number of benzene rings is 3. The fraction of sp³-hybridized carbons (Fsp3) is 0.154. The number of aryl methyl sites for hydroxylation is 2. The second kappa shape index (κ2) is 7.17. The molecule has 0 saturated heterocycles. The molecule has 0 aliphatic heterocycles. The van der Waals surface area contributed by atoms with Crippen molar-refractivity contribution < 1.29 is 13.2 Å². The summed E-state index contributed by atoms with van der Waals surface area (Å²) >= 11 is 7.48. The van der Waals surface area contributed by atoms with Crippen molar-refractivity contribution in [3.05, 3.63) is 106 Å². The molecule has 2 N–H and O–H groups in total. The van der Waals surface area contributed by atoms with Crippen molar-refractivity contribution in [2.75, 3.05) is 0 Å². The van der Waals surface area contributed by atoms with Gasteiger partial charge in [0.2, 0.25) is 0 Å². The quantitative estimate of drug-likeness (QED) is 0.261. The molecule has 0 spiro atoms. The average Bonchev–Trinajstić information content (AvgIpc) is 3.36. The summed E-state index contributed by atoms with van der Waals surface area (Å²) in [6.45, 7) is 4.01. The van der Waals surface area contributed by atoms with Gasteiger partial charge >= 0.3 is 6.18 Å². The van der Waals surface area contributed by atoms with E-state index >= 15 is 0 Å². The van der Waals surface area contributed by atoms with Crippen LogP contribution in [0.3, 0.4) is 0 Å². The van der Waals surface area contributed by atoms with E-state index in [2.05, 4.69) is 9.97 Å². The fourth-order valence-electron chi connectivity index (χ4n) is 4.40. The van der Waals surface area contributed by atoms with Crippen LogP contribution in [0.5, 0.6) is 0 Å². The van der Waals surface area contributed by atoms with Gasteiger partial charge in [0, 0.05) is 45.3 Å². The Hall–Kier alpha value is -3.18. The molecule has 3 aromatic carbocycles. The number of halogens is 4. The van der Waals surface area contributed by atoms with Crippen molar-refractivity contribution in [1.29, 1.82) is 0 Å². The summed E-state index contributed by atoms with van der Waals surface area (Å²) < 4.78 is 39.6. The number of hydrogen-bond acceptors (Lipinski definition) is 0. The molecule has 0 saturated carbocycles. The summed E-state index contributed by atoms with van der Waals surface area (Å²) in [5, 5.41) is 1.85. The molecule has 0 fully saturated rings. The first kappa shape index (κ1) is 20.7. The Morgan fingerprint density at radius 2 is 1.09 bits per heavy atom. The molecule has 32 heavy (non-hydrogen) atoms. The number of nitrogens with one attached hydrogen (secondary N) is 2. The minimum Gasteiger partial charge on any atom is -0.361 e. The summed E-state index contributed by atoms with van der Waals surface area (Å²) in [5.41, 5.74) is 5.48. The molecule has 5 aromatic rings. The molecular formula is C26H20ClF3N2. The monoisotopic (exact) mass is 452 g/mol.